The Kier molecular flexibility index (Phi) is 3.53. The molecule has 1 saturated heterocycles. The van der Waals surface area contributed by atoms with Crippen molar-refractivity contribution in [2.75, 3.05) is 11.4 Å². The van der Waals surface area contributed by atoms with Gasteiger partial charge in [0.15, 0.2) is 6.29 Å². The molecule has 8 nitrogen and oxygen atoms in total. The number of nitrogens with two attached hydrogens (primary N) is 1. The summed E-state index contributed by atoms with van der Waals surface area (Å²) in [7, 11) is -3.92. The number of aldehydes is 1. The van der Waals surface area contributed by atoms with E-state index in [1.54, 1.807) is 12.1 Å². The zero-order valence-corrected chi connectivity index (χ0v) is 12.6. The van der Waals surface area contributed by atoms with E-state index in [-0.39, 0.29) is 35.4 Å². The quantitative estimate of drug-likeness (QED) is 0.786. The number of para-hydroxylation sites is 1. The third-order valence-electron chi connectivity index (χ3n) is 3.73. The predicted molar refractivity (Wildman–Crippen MR) is 81.7 cm³/mol. The number of hydrogen-bond donors (Lipinski definition) is 1. The fourth-order valence-corrected chi connectivity index (χ4v) is 3.27. The van der Waals surface area contributed by atoms with Crippen LogP contribution in [0.25, 0.3) is 11.0 Å². The van der Waals surface area contributed by atoms with Gasteiger partial charge < -0.3 is 4.42 Å². The van der Waals surface area contributed by atoms with E-state index in [1.807, 2.05) is 0 Å². The zero-order chi connectivity index (χ0) is 16.8. The highest BCUT2D eigenvalue weighted by molar-refractivity contribution is 7.89. The fourth-order valence-electron chi connectivity index (χ4n) is 2.54. The monoisotopic (exact) mass is 336 g/mol. The third-order valence-corrected chi connectivity index (χ3v) is 4.98. The molecular formula is C14H12N2O6S. The number of nitrogens with zero attached hydrogens (tertiary/aromatic N) is 1. The first-order chi connectivity index (χ1) is 10.8. The zero-order valence-electron chi connectivity index (χ0n) is 11.8. The van der Waals surface area contributed by atoms with Crippen LogP contribution in [0.2, 0.25) is 0 Å². The van der Waals surface area contributed by atoms with Crippen LogP contribution in [0.3, 0.4) is 0 Å². The average Bonchev–Trinajstić information content (AvgIpc) is 2.89. The largest absolute Gasteiger partial charge is 0.439 e. The molecule has 0 saturated carbocycles. The van der Waals surface area contributed by atoms with Gasteiger partial charge in [-0.2, -0.15) is 0 Å². The number of anilines is 1. The van der Waals surface area contributed by atoms with E-state index in [1.165, 1.54) is 12.1 Å². The number of sulfonamides is 1. The summed E-state index contributed by atoms with van der Waals surface area (Å²) in [5.74, 6) is -0.828. The lowest BCUT2D eigenvalue weighted by molar-refractivity contribution is -0.117. The summed E-state index contributed by atoms with van der Waals surface area (Å²) < 4.78 is 28.4. The SMILES string of the molecule is NS(=O)(=O)C1CC(=O)N(c2oc3ccccc3c(=O)c2C=O)C1. The van der Waals surface area contributed by atoms with Crippen molar-refractivity contribution in [2.24, 2.45) is 5.14 Å². The maximum atomic E-state index is 12.3. The molecule has 23 heavy (non-hydrogen) atoms. The van der Waals surface area contributed by atoms with E-state index >= 15 is 0 Å². The standard InChI is InChI=1S/C14H12N2O6S/c15-23(20,21)8-5-12(18)16(6-8)14-10(7-17)13(19)9-3-1-2-4-11(9)22-14/h1-4,7-8H,5-6H2,(H2,15,20,21). The molecule has 120 valence electrons. The third kappa shape index (κ3) is 2.53. The Morgan fingerprint density at radius 2 is 1.96 bits per heavy atom. The van der Waals surface area contributed by atoms with Crippen molar-refractivity contribution in [2.45, 2.75) is 11.7 Å². The minimum atomic E-state index is -3.92. The highest BCUT2D eigenvalue weighted by atomic mass is 32.2. The Hall–Kier alpha value is -2.52. The van der Waals surface area contributed by atoms with Gasteiger partial charge in [0, 0.05) is 13.0 Å². The number of fused-ring (bicyclic) bond motifs is 1. The molecule has 1 unspecified atom stereocenters. The number of amides is 1. The molecule has 1 aromatic carbocycles. The number of primary sulfonamides is 1. The summed E-state index contributed by atoms with van der Waals surface area (Å²) in [6.45, 7) is -0.264. The van der Waals surface area contributed by atoms with Crippen LogP contribution < -0.4 is 15.5 Å². The number of hydrogen-bond acceptors (Lipinski definition) is 6. The number of carbonyl (C=O) groups is 2. The van der Waals surface area contributed by atoms with Crippen LogP contribution in [0.4, 0.5) is 5.88 Å². The lowest BCUT2D eigenvalue weighted by atomic mass is 10.1. The van der Waals surface area contributed by atoms with Gasteiger partial charge in [0.2, 0.25) is 27.2 Å². The fraction of sp³-hybridized carbons (Fsp3) is 0.214. The highest BCUT2D eigenvalue weighted by Gasteiger charge is 2.39. The lowest BCUT2D eigenvalue weighted by Crippen LogP contribution is -2.33. The van der Waals surface area contributed by atoms with Crippen molar-refractivity contribution in [1.29, 1.82) is 0 Å². The smallest absolute Gasteiger partial charge is 0.230 e. The molecule has 0 spiro atoms. The van der Waals surface area contributed by atoms with Gasteiger partial charge in [-0.1, -0.05) is 12.1 Å². The molecule has 0 aliphatic carbocycles. The number of benzene rings is 1. The second-order valence-electron chi connectivity index (χ2n) is 5.18. The molecular weight excluding hydrogens is 324 g/mol. The number of rotatable bonds is 3. The lowest BCUT2D eigenvalue weighted by Gasteiger charge is -2.16. The van der Waals surface area contributed by atoms with Crippen molar-refractivity contribution in [3.8, 4) is 0 Å². The van der Waals surface area contributed by atoms with Gasteiger partial charge in [-0.05, 0) is 12.1 Å². The molecule has 1 fully saturated rings. The second-order valence-corrected chi connectivity index (χ2v) is 7.03. The topological polar surface area (TPSA) is 128 Å². The first kappa shape index (κ1) is 15.4. The van der Waals surface area contributed by atoms with Crippen LogP contribution in [0, 0.1) is 0 Å². The molecule has 1 aromatic heterocycles. The summed E-state index contributed by atoms with van der Waals surface area (Å²) in [5.41, 5.74) is -0.708. The molecule has 9 heteroatoms. The Morgan fingerprint density at radius 1 is 1.26 bits per heavy atom. The van der Waals surface area contributed by atoms with Crippen LogP contribution in [-0.4, -0.2) is 32.4 Å². The van der Waals surface area contributed by atoms with Gasteiger partial charge >= 0.3 is 0 Å². The van der Waals surface area contributed by atoms with Crippen LogP contribution in [0.15, 0.2) is 33.5 Å². The van der Waals surface area contributed by atoms with Crippen molar-refractivity contribution >= 4 is 39.1 Å². The van der Waals surface area contributed by atoms with E-state index in [4.69, 9.17) is 9.56 Å². The molecule has 2 aromatic rings. The maximum absolute atomic E-state index is 12.3. The molecule has 1 aliphatic heterocycles. The Labute approximate surface area is 130 Å². The predicted octanol–water partition coefficient (Wildman–Crippen LogP) is -0.000700. The molecule has 2 N–H and O–H groups in total. The van der Waals surface area contributed by atoms with Crippen molar-refractivity contribution in [3.05, 3.63) is 40.1 Å². The van der Waals surface area contributed by atoms with Crippen LogP contribution in [-0.2, 0) is 14.8 Å². The molecule has 0 radical (unpaired) electrons. The Balaban J connectivity index is 2.19. The van der Waals surface area contributed by atoms with E-state index in [9.17, 15) is 22.8 Å². The van der Waals surface area contributed by atoms with E-state index in [2.05, 4.69) is 0 Å². The van der Waals surface area contributed by atoms with Gasteiger partial charge in [0.05, 0.1) is 5.39 Å². The van der Waals surface area contributed by atoms with Gasteiger partial charge in [0.1, 0.15) is 16.4 Å². The minimum absolute atomic E-state index is 0.199. The minimum Gasteiger partial charge on any atom is -0.439 e. The molecule has 1 atom stereocenters. The molecule has 3 rings (SSSR count). The van der Waals surface area contributed by atoms with Gasteiger partial charge in [-0.25, -0.2) is 13.6 Å². The van der Waals surface area contributed by atoms with Gasteiger partial charge in [-0.15, -0.1) is 0 Å². The van der Waals surface area contributed by atoms with E-state index in [0.717, 1.165) is 4.90 Å². The maximum Gasteiger partial charge on any atom is 0.230 e. The summed E-state index contributed by atoms with van der Waals surface area (Å²) >= 11 is 0. The van der Waals surface area contributed by atoms with Gasteiger partial charge in [0.25, 0.3) is 0 Å². The summed E-state index contributed by atoms with van der Waals surface area (Å²) in [4.78, 5) is 36.7. The Morgan fingerprint density at radius 3 is 2.57 bits per heavy atom. The van der Waals surface area contributed by atoms with E-state index < -0.39 is 26.6 Å². The van der Waals surface area contributed by atoms with Crippen molar-refractivity contribution < 1.29 is 22.4 Å². The number of carbonyl (C=O) groups excluding carboxylic acids is 2. The Bertz CT molecular complexity index is 978. The van der Waals surface area contributed by atoms with E-state index in [0.29, 0.717) is 6.29 Å². The molecule has 1 aliphatic rings. The van der Waals surface area contributed by atoms with Crippen LogP contribution in [0.5, 0.6) is 0 Å². The molecule has 0 bridgehead atoms. The van der Waals surface area contributed by atoms with Crippen molar-refractivity contribution in [3.63, 3.8) is 0 Å². The first-order valence-electron chi connectivity index (χ1n) is 6.66. The summed E-state index contributed by atoms with van der Waals surface area (Å²) in [6, 6.07) is 6.27. The molecule has 2 heterocycles. The van der Waals surface area contributed by atoms with Crippen LogP contribution in [0.1, 0.15) is 16.8 Å². The van der Waals surface area contributed by atoms with Crippen LogP contribution >= 0.6 is 0 Å². The highest BCUT2D eigenvalue weighted by Crippen LogP contribution is 2.28. The normalized spacial score (nSPS) is 18.6. The second kappa shape index (κ2) is 5.28. The summed E-state index contributed by atoms with van der Waals surface area (Å²) in [6.07, 6.45) is -0.0289. The van der Waals surface area contributed by atoms with Crippen molar-refractivity contribution in [1.82, 2.24) is 0 Å². The first-order valence-corrected chi connectivity index (χ1v) is 8.27. The molecule has 1 amide bonds. The van der Waals surface area contributed by atoms with Gasteiger partial charge in [-0.3, -0.25) is 19.3 Å². The average molecular weight is 336 g/mol. The summed E-state index contributed by atoms with van der Waals surface area (Å²) in [5, 5.41) is 4.16.